The molecular formula is C17H19ClN4O4S2. The van der Waals surface area contributed by atoms with Crippen LogP contribution in [0.15, 0.2) is 46.1 Å². The average molecular weight is 443 g/mol. The summed E-state index contributed by atoms with van der Waals surface area (Å²) in [6.07, 6.45) is 1.61. The number of carbonyl (C=O) groups excluding carboxylic acids is 2. The molecule has 0 unspecified atom stereocenters. The van der Waals surface area contributed by atoms with Gasteiger partial charge in [0, 0.05) is 31.2 Å². The van der Waals surface area contributed by atoms with Crippen molar-refractivity contribution in [2.24, 2.45) is 0 Å². The number of piperazine rings is 1. The predicted octanol–water partition coefficient (Wildman–Crippen LogP) is 0.900. The van der Waals surface area contributed by atoms with Gasteiger partial charge in [-0.2, -0.15) is 15.6 Å². The van der Waals surface area contributed by atoms with Crippen LogP contribution in [0.2, 0.25) is 0 Å². The van der Waals surface area contributed by atoms with E-state index in [9.17, 15) is 18.0 Å². The minimum Gasteiger partial charge on any atom is -0.349 e. The van der Waals surface area contributed by atoms with Crippen LogP contribution in [0.1, 0.15) is 5.69 Å². The second-order valence-electron chi connectivity index (χ2n) is 6.10. The van der Waals surface area contributed by atoms with Crippen LogP contribution in [-0.2, 0) is 26.2 Å². The van der Waals surface area contributed by atoms with Crippen LogP contribution in [0.5, 0.6) is 0 Å². The van der Waals surface area contributed by atoms with Crippen LogP contribution < -0.4 is 5.32 Å². The molecule has 11 heteroatoms. The zero-order chi connectivity index (χ0) is 20.1. The minimum absolute atomic E-state index is 0.0164. The van der Waals surface area contributed by atoms with Crippen LogP contribution in [-0.4, -0.2) is 66.0 Å². The van der Waals surface area contributed by atoms with E-state index in [1.54, 1.807) is 29.8 Å². The van der Waals surface area contributed by atoms with Gasteiger partial charge in [0.25, 0.3) is 0 Å². The fraction of sp³-hybridized carbons (Fsp3) is 0.353. The fourth-order valence-corrected chi connectivity index (χ4v) is 5.67. The van der Waals surface area contributed by atoms with E-state index in [2.05, 4.69) is 10.3 Å². The van der Waals surface area contributed by atoms with E-state index in [1.807, 2.05) is 0 Å². The molecule has 2 aromatic rings. The lowest BCUT2D eigenvalue weighted by Crippen LogP contribution is -2.61. The quantitative estimate of drug-likeness (QED) is 0.670. The molecule has 1 saturated heterocycles. The van der Waals surface area contributed by atoms with Crippen molar-refractivity contribution < 1.29 is 18.0 Å². The maximum absolute atomic E-state index is 13.0. The van der Waals surface area contributed by atoms with Crippen LogP contribution in [0.4, 0.5) is 0 Å². The highest BCUT2D eigenvalue weighted by Gasteiger charge is 2.41. The van der Waals surface area contributed by atoms with Gasteiger partial charge in [-0.1, -0.05) is 6.07 Å². The molecule has 3 rings (SSSR count). The number of rotatable bonds is 6. The van der Waals surface area contributed by atoms with Gasteiger partial charge < -0.3 is 10.2 Å². The average Bonchev–Trinajstić information content (AvgIpc) is 3.27. The lowest BCUT2D eigenvalue weighted by atomic mass is 10.2. The van der Waals surface area contributed by atoms with Gasteiger partial charge in [-0.25, -0.2) is 8.42 Å². The van der Waals surface area contributed by atoms with Crippen LogP contribution in [0.3, 0.4) is 0 Å². The SMILES string of the molecule is O=C(NCc1ccccn1)[C@H]1CN(C(=O)CCl)CCN1S(=O)(=O)c1ccsc1. The maximum Gasteiger partial charge on any atom is 0.244 e. The number of sulfonamides is 1. The first-order chi connectivity index (χ1) is 13.4. The van der Waals surface area contributed by atoms with Crippen molar-refractivity contribution >= 4 is 44.8 Å². The lowest BCUT2D eigenvalue weighted by Gasteiger charge is -2.39. The van der Waals surface area contributed by atoms with Crippen LogP contribution in [0, 0.1) is 0 Å². The lowest BCUT2D eigenvalue weighted by molar-refractivity contribution is -0.134. The van der Waals surface area contributed by atoms with Crippen molar-refractivity contribution in [2.45, 2.75) is 17.5 Å². The highest BCUT2D eigenvalue weighted by atomic mass is 35.5. The summed E-state index contributed by atoms with van der Waals surface area (Å²) in [5.74, 6) is -1.05. The van der Waals surface area contributed by atoms with Gasteiger partial charge in [-0.05, 0) is 23.6 Å². The minimum atomic E-state index is -3.86. The standard InChI is InChI=1S/C17H19ClN4O4S2/c18-9-16(23)21-6-7-22(28(25,26)14-4-8-27-12-14)15(11-21)17(24)20-10-13-3-1-2-5-19-13/h1-5,8,12,15H,6-7,9-11H2,(H,20,24)/t15-/m1/s1. The number of nitrogens with zero attached hydrogens (tertiary/aromatic N) is 3. The highest BCUT2D eigenvalue weighted by molar-refractivity contribution is 7.89. The van der Waals surface area contributed by atoms with Gasteiger partial charge in [-0.15, -0.1) is 11.6 Å². The fourth-order valence-electron chi connectivity index (χ4n) is 2.91. The summed E-state index contributed by atoms with van der Waals surface area (Å²) in [5, 5.41) is 5.90. The molecule has 2 amide bonds. The predicted molar refractivity (Wildman–Crippen MR) is 105 cm³/mol. The zero-order valence-corrected chi connectivity index (χ0v) is 17.2. The highest BCUT2D eigenvalue weighted by Crippen LogP contribution is 2.23. The van der Waals surface area contributed by atoms with E-state index in [0.717, 1.165) is 4.31 Å². The summed E-state index contributed by atoms with van der Waals surface area (Å²) in [6.45, 7) is 0.302. The first kappa shape index (κ1) is 20.7. The van der Waals surface area contributed by atoms with Gasteiger partial charge in [0.15, 0.2) is 0 Å². The van der Waals surface area contributed by atoms with Crippen molar-refractivity contribution in [1.82, 2.24) is 19.5 Å². The zero-order valence-electron chi connectivity index (χ0n) is 14.8. The second-order valence-corrected chi connectivity index (χ2v) is 9.04. The van der Waals surface area contributed by atoms with E-state index in [0.29, 0.717) is 5.69 Å². The molecule has 28 heavy (non-hydrogen) atoms. The third-order valence-corrected chi connectivity index (χ3v) is 7.34. The molecule has 1 N–H and O–H groups in total. The van der Waals surface area contributed by atoms with E-state index in [-0.39, 0.29) is 42.9 Å². The van der Waals surface area contributed by atoms with E-state index in [4.69, 9.17) is 11.6 Å². The van der Waals surface area contributed by atoms with Gasteiger partial charge >= 0.3 is 0 Å². The summed E-state index contributed by atoms with van der Waals surface area (Å²) >= 11 is 6.89. The van der Waals surface area contributed by atoms with Crippen molar-refractivity contribution in [1.29, 1.82) is 0 Å². The number of pyridine rings is 1. The summed E-state index contributed by atoms with van der Waals surface area (Å²) in [5.41, 5.74) is 0.646. The maximum atomic E-state index is 13.0. The number of carbonyl (C=O) groups is 2. The first-order valence-electron chi connectivity index (χ1n) is 8.49. The van der Waals surface area contributed by atoms with Crippen molar-refractivity contribution in [2.75, 3.05) is 25.5 Å². The van der Waals surface area contributed by atoms with Gasteiger partial charge in [0.2, 0.25) is 21.8 Å². The molecular weight excluding hydrogens is 424 g/mol. The van der Waals surface area contributed by atoms with Gasteiger partial charge in [-0.3, -0.25) is 14.6 Å². The van der Waals surface area contributed by atoms with Crippen molar-refractivity contribution in [3.8, 4) is 0 Å². The Morgan fingerprint density at radius 3 is 2.75 bits per heavy atom. The molecule has 1 aliphatic rings. The molecule has 0 bridgehead atoms. The number of alkyl halides is 1. The molecule has 0 spiro atoms. The molecule has 1 fully saturated rings. The topological polar surface area (TPSA) is 99.7 Å². The first-order valence-corrected chi connectivity index (χ1v) is 11.4. The number of amides is 2. The van der Waals surface area contributed by atoms with Crippen molar-refractivity contribution in [3.05, 3.63) is 46.9 Å². The Bertz CT molecular complexity index is 922. The van der Waals surface area contributed by atoms with Gasteiger partial charge in [0.1, 0.15) is 11.9 Å². The monoisotopic (exact) mass is 442 g/mol. The second kappa shape index (κ2) is 8.99. The molecule has 0 radical (unpaired) electrons. The molecule has 150 valence electrons. The number of halogens is 1. The summed E-state index contributed by atoms with van der Waals surface area (Å²) in [6, 6.07) is 5.76. The third-order valence-electron chi connectivity index (χ3n) is 4.37. The summed E-state index contributed by atoms with van der Waals surface area (Å²) in [4.78, 5) is 30.5. The Morgan fingerprint density at radius 2 is 2.11 bits per heavy atom. The third kappa shape index (κ3) is 4.52. The number of aromatic nitrogens is 1. The molecule has 1 atom stereocenters. The molecule has 2 aromatic heterocycles. The van der Waals surface area contributed by atoms with E-state index in [1.165, 1.54) is 27.7 Å². The van der Waals surface area contributed by atoms with Crippen LogP contribution in [0.25, 0.3) is 0 Å². The number of thiophene rings is 1. The Kier molecular flexibility index (Phi) is 6.65. The molecule has 0 aromatic carbocycles. The summed E-state index contributed by atoms with van der Waals surface area (Å²) in [7, 11) is -3.86. The number of hydrogen-bond acceptors (Lipinski definition) is 6. The normalized spacial score (nSPS) is 18.0. The van der Waals surface area contributed by atoms with E-state index < -0.39 is 22.0 Å². The largest absolute Gasteiger partial charge is 0.349 e. The molecule has 0 saturated carbocycles. The molecule has 3 heterocycles. The Morgan fingerprint density at radius 1 is 1.29 bits per heavy atom. The Labute approximate surface area is 172 Å². The van der Waals surface area contributed by atoms with Crippen molar-refractivity contribution in [3.63, 3.8) is 0 Å². The Hall–Kier alpha value is -2.01. The smallest absolute Gasteiger partial charge is 0.244 e. The number of nitrogens with one attached hydrogen (secondary N) is 1. The molecule has 0 aliphatic carbocycles. The van der Waals surface area contributed by atoms with E-state index >= 15 is 0 Å². The van der Waals surface area contributed by atoms with Gasteiger partial charge in [0.05, 0.1) is 17.1 Å². The summed E-state index contributed by atoms with van der Waals surface area (Å²) < 4.78 is 27.1. The van der Waals surface area contributed by atoms with Crippen LogP contribution >= 0.6 is 22.9 Å². The number of hydrogen-bond donors (Lipinski definition) is 1. The Balaban J connectivity index is 1.81. The molecule has 1 aliphatic heterocycles. The molecule has 8 nitrogen and oxygen atoms in total.